The van der Waals surface area contributed by atoms with Gasteiger partial charge in [0.15, 0.2) is 11.0 Å². The van der Waals surface area contributed by atoms with Crippen molar-refractivity contribution in [2.24, 2.45) is 0 Å². The highest BCUT2D eigenvalue weighted by molar-refractivity contribution is 7.99. The van der Waals surface area contributed by atoms with Gasteiger partial charge in [0.25, 0.3) is 5.69 Å². The van der Waals surface area contributed by atoms with Crippen LogP contribution in [0.5, 0.6) is 0 Å². The van der Waals surface area contributed by atoms with E-state index in [1.54, 1.807) is 12.1 Å². The van der Waals surface area contributed by atoms with Gasteiger partial charge in [-0.05, 0) is 43.3 Å². The first kappa shape index (κ1) is 23.1. The fraction of sp³-hybridized carbons (Fsp3) is 0.318. The van der Waals surface area contributed by atoms with Gasteiger partial charge in [0.1, 0.15) is 0 Å². The molecule has 2 heterocycles. The van der Waals surface area contributed by atoms with E-state index >= 15 is 0 Å². The summed E-state index contributed by atoms with van der Waals surface area (Å²) in [6.07, 6.45) is 0. The van der Waals surface area contributed by atoms with E-state index < -0.39 is 4.92 Å². The normalized spacial score (nSPS) is 13.9. The average Bonchev–Trinajstić information content (AvgIpc) is 3.26. The molecule has 1 fully saturated rings. The third-order valence-electron chi connectivity index (χ3n) is 5.52. The fourth-order valence-electron chi connectivity index (χ4n) is 3.71. The van der Waals surface area contributed by atoms with Gasteiger partial charge >= 0.3 is 0 Å². The number of piperazine rings is 1. The van der Waals surface area contributed by atoms with E-state index in [9.17, 15) is 14.9 Å². The Morgan fingerprint density at radius 2 is 1.73 bits per heavy atom. The lowest BCUT2D eigenvalue weighted by atomic mass is 10.2. The molecule has 4 rings (SSSR count). The number of nitrogens with zero attached hydrogens (tertiary/aromatic N) is 6. The lowest BCUT2D eigenvalue weighted by Gasteiger charge is -2.36. The summed E-state index contributed by atoms with van der Waals surface area (Å²) in [5.41, 5.74) is 1.92. The SMILES string of the molecule is CCn1c(SCC(=O)N2CCN(c3ccc([N+](=O)[O-])cc3)CC2)nnc1-c1ccc(Cl)cc1. The van der Waals surface area contributed by atoms with Crippen LogP contribution in [0.15, 0.2) is 53.7 Å². The third-order valence-corrected chi connectivity index (χ3v) is 6.72. The Kier molecular flexibility index (Phi) is 7.14. The highest BCUT2D eigenvalue weighted by atomic mass is 35.5. The van der Waals surface area contributed by atoms with E-state index in [0.29, 0.717) is 42.9 Å². The number of nitro benzene ring substituents is 1. The zero-order chi connectivity index (χ0) is 23.4. The number of amides is 1. The van der Waals surface area contributed by atoms with Crippen LogP contribution in [-0.4, -0.2) is 62.4 Å². The number of nitro groups is 1. The highest BCUT2D eigenvalue weighted by Crippen LogP contribution is 2.26. The Morgan fingerprint density at radius 1 is 1.06 bits per heavy atom. The van der Waals surface area contributed by atoms with Gasteiger partial charge in [0.2, 0.25) is 5.91 Å². The molecule has 11 heteroatoms. The molecule has 0 radical (unpaired) electrons. The number of benzene rings is 2. The Morgan fingerprint density at radius 3 is 2.33 bits per heavy atom. The molecule has 1 saturated heterocycles. The maximum absolute atomic E-state index is 12.8. The number of anilines is 1. The van der Waals surface area contributed by atoms with E-state index in [-0.39, 0.29) is 17.3 Å². The minimum Gasteiger partial charge on any atom is -0.368 e. The first-order valence-electron chi connectivity index (χ1n) is 10.6. The Bertz CT molecular complexity index is 1130. The van der Waals surface area contributed by atoms with Crippen molar-refractivity contribution in [3.63, 3.8) is 0 Å². The number of halogens is 1. The Hall–Kier alpha value is -3.11. The molecule has 0 unspecified atom stereocenters. The molecular formula is C22H23ClN6O3S. The quantitative estimate of drug-likeness (QED) is 0.283. The standard InChI is InChI=1S/C22H23ClN6O3S/c1-2-28-21(16-3-5-17(23)6-4-16)24-25-22(28)33-15-20(30)27-13-11-26(12-14-27)18-7-9-19(10-8-18)29(31)32/h3-10H,2,11-15H2,1H3. The number of rotatable bonds is 7. The van der Waals surface area contributed by atoms with Crippen LogP contribution in [-0.2, 0) is 11.3 Å². The van der Waals surface area contributed by atoms with E-state index in [1.165, 1.54) is 23.9 Å². The molecule has 3 aromatic rings. The van der Waals surface area contributed by atoms with E-state index in [4.69, 9.17) is 11.6 Å². The molecule has 0 atom stereocenters. The molecule has 1 aliphatic heterocycles. The number of thioether (sulfide) groups is 1. The van der Waals surface area contributed by atoms with Crippen LogP contribution >= 0.6 is 23.4 Å². The zero-order valence-corrected chi connectivity index (χ0v) is 19.6. The topological polar surface area (TPSA) is 97.4 Å². The minimum atomic E-state index is -0.407. The second kappa shape index (κ2) is 10.2. The molecular weight excluding hydrogens is 464 g/mol. The fourth-order valence-corrected chi connectivity index (χ4v) is 4.74. The number of hydrogen-bond donors (Lipinski definition) is 0. The molecule has 1 amide bonds. The minimum absolute atomic E-state index is 0.0574. The molecule has 9 nitrogen and oxygen atoms in total. The van der Waals surface area contributed by atoms with Crippen LogP contribution in [0, 0.1) is 10.1 Å². The van der Waals surface area contributed by atoms with E-state index in [1.807, 2.05) is 40.7 Å². The third kappa shape index (κ3) is 5.28. The van der Waals surface area contributed by atoms with Gasteiger partial charge in [-0.25, -0.2) is 0 Å². The molecule has 33 heavy (non-hydrogen) atoms. The van der Waals surface area contributed by atoms with Crippen molar-refractivity contribution in [1.29, 1.82) is 0 Å². The van der Waals surface area contributed by atoms with Crippen molar-refractivity contribution in [1.82, 2.24) is 19.7 Å². The first-order valence-corrected chi connectivity index (χ1v) is 11.9. The summed E-state index contributed by atoms with van der Waals surface area (Å²) in [6, 6.07) is 14.0. The summed E-state index contributed by atoms with van der Waals surface area (Å²) in [7, 11) is 0. The first-order chi connectivity index (χ1) is 16.0. The molecule has 0 saturated carbocycles. The summed E-state index contributed by atoms with van der Waals surface area (Å²) in [5, 5.41) is 20.8. The number of carbonyl (C=O) groups excluding carboxylic acids is 1. The Balaban J connectivity index is 1.32. The molecule has 0 N–H and O–H groups in total. The molecule has 1 aliphatic rings. The number of carbonyl (C=O) groups is 1. The van der Waals surface area contributed by atoms with Gasteiger partial charge in [0, 0.05) is 61.1 Å². The van der Waals surface area contributed by atoms with Crippen molar-refractivity contribution < 1.29 is 9.72 Å². The lowest BCUT2D eigenvalue weighted by Crippen LogP contribution is -2.49. The molecule has 0 aliphatic carbocycles. The summed E-state index contributed by atoms with van der Waals surface area (Å²) in [5.74, 6) is 1.10. The summed E-state index contributed by atoms with van der Waals surface area (Å²) in [4.78, 5) is 27.2. The van der Waals surface area contributed by atoms with Crippen molar-refractivity contribution in [3.8, 4) is 11.4 Å². The molecule has 1 aromatic heterocycles. The van der Waals surface area contributed by atoms with Crippen LogP contribution in [0.25, 0.3) is 11.4 Å². The second-order valence-corrected chi connectivity index (χ2v) is 8.87. The largest absolute Gasteiger partial charge is 0.368 e. The number of non-ortho nitro benzene ring substituents is 1. The molecule has 172 valence electrons. The molecule has 2 aromatic carbocycles. The summed E-state index contributed by atoms with van der Waals surface area (Å²) < 4.78 is 1.99. The van der Waals surface area contributed by atoms with Crippen molar-refractivity contribution in [3.05, 3.63) is 63.7 Å². The second-order valence-electron chi connectivity index (χ2n) is 7.49. The predicted molar refractivity (Wildman–Crippen MR) is 129 cm³/mol. The maximum Gasteiger partial charge on any atom is 0.269 e. The lowest BCUT2D eigenvalue weighted by molar-refractivity contribution is -0.384. The van der Waals surface area contributed by atoms with Crippen molar-refractivity contribution in [2.45, 2.75) is 18.6 Å². The van der Waals surface area contributed by atoms with Gasteiger partial charge in [-0.15, -0.1) is 10.2 Å². The van der Waals surface area contributed by atoms with Gasteiger partial charge < -0.3 is 14.4 Å². The molecule has 0 bridgehead atoms. The van der Waals surface area contributed by atoms with Gasteiger partial charge in [0.05, 0.1) is 10.7 Å². The van der Waals surface area contributed by atoms with Crippen molar-refractivity contribution >= 4 is 40.6 Å². The van der Waals surface area contributed by atoms with Gasteiger partial charge in [-0.1, -0.05) is 23.4 Å². The number of hydrogen-bond acceptors (Lipinski definition) is 7. The number of aromatic nitrogens is 3. The van der Waals surface area contributed by atoms with Crippen molar-refractivity contribution in [2.75, 3.05) is 36.8 Å². The summed E-state index contributed by atoms with van der Waals surface area (Å²) >= 11 is 7.37. The van der Waals surface area contributed by atoms with E-state index in [2.05, 4.69) is 15.1 Å². The predicted octanol–water partition coefficient (Wildman–Crippen LogP) is 3.97. The highest BCUT2D eigenvalue weighted by Gasteiger charge is 2.23. The van der Waals surface area contributed by atoms with Crippen LogP contribution in [0.1, 0.15) is 6.92 Å². The van der Waals surface area contributed by atoms with Gasteiger partial charge in [-0.3, -0.25) is 14.9 Å². The smallest absolute Gasteiger partial charge is 0.269 e. The summed E-state index contributed by atoms with van der Waals surface area (Å²) in [6.45, 7) is 5.28. The Labute approximate surface area is 200 Å². The zero-order valence-electron chi connectivity index (χ0n) is 18.1. The average molecular weight is 487 g/mol. The van der Waals surface area contributed by atoms with Gasteiger partial charge in [-0.2, -0.15) is 0 Å². The van der Waals surface area contributed by atoms with Crippen LogP contribution < -0.4 is 4.90 Å². The van der Waals surface area contributed by atoms with Crippen LogP contribution in [0.3, 0.4) is 0 Å². The maximum atomic E-state index is 12.8. The van der Waals surface area contributed by atoms with Crippen LogP contribution in [0.2, 0.25) is 5.02 Å². The molecule has 0 spiro atoms. The van der Waals surface area contributed by atoms with E-state index in [0.717, 1.165) is 17.1 Å². The monoisotopic (exact) mass is 486 g/mol. The van der Waals surface area contributed by atoms with Crippen LogP contribution in [0.4, 0.5) is 11.4 Å².